The summed E-state index contributed by atoms with van der Waals surface area (Å²) in [5.41, 5.74) is 9.78. The molecule has 21 heavy (non-hydrogen) atoms. The van der Waals surface area contributed by atoms with Gasteiger partial charge in [-0.1, -0.05) is 18.2 Å². The van der Waals surface area contributed by atoms with Gasteiger partial charge in [-0.3, -0.25) is 0 Å². The molecule has 0 amide bonds. The number of rotatable bonds is 4. The number of benzene rings is 2. The molecule has 0 heterocycles. The van der Waals surface area contributed by atoms with E-state index in [1.54, 1.807) is 6.07 Å². The van der Waals surface area contributed by atoms with E-state index in [1.807, 2.05) is 45.9 Å². The van der Waals surface area contributed by atoms with Crippen LogP contribution in [0.1, 0.15) is 29.2 Å². The zero-order chi connectivity index (χ0) is 15.6. The molecule has 112 valence electrons. The Morgan fingerprint density at radius 2 is 1.76 bits per heavy atom. The second-order valence-corrected chi connectivity index (χ2v) is 5.70. The number of halogens is 1. The molecule has 3 heteroatoms. The molecule has 2 aromatic rings. The van der Waals surface area contributed by atoms with Gasteiger partial charge in [-0.15, -0.1) is 0 Å². The van der Waals surface area contributed by atoms with Gasteiger partial charge in [0.15, 0.2) is 11.6 Å². The van der Waals surface area contributed by atoms with Crippen molar-refractivity contribution in [3.8, 4) is 11.5 Å². The van der Waals surface area contributed by atoms with Gasteiger partial charge in [-0.25, -0.2) is 4.39 Å². The Kier molecular flexibility index (Phi) is 4.63. The highest BCUT2D eigenvalue weighted by molar-refractivity contribution is 5.47. The number of nitrogens with two attached hydrogens (primary N) is 1. The largest absolute Gasteiger partial charge is 0.454 e. The summed E-state index contributed by atoms with van der Waals surface area (Å²) in [5.74, 6) is 0.627. The van der Waals surface area contributed by atoms with Crippen molar-refractivity contribution in [3.63, 3.8) is 0 Å². The third-order valence-corrected chi connectivity index (χ3v) is 3.64. The second kappa shape index (κ2) is 6.27. The molecule has 2 N–H and O–H groups in total. The van der Waals surface area contributed by atoms with Gasteiger partial charge in [0.05, 0.1) is 0 Å². The van der Waals surface area contributed by atoms with Gasteiger partial charge >= 0.3 is 0 Å². The lowest BCUT2D eigenvalue weighted by Gasteiger charge is -2.15. The molecule has 0 fully saturated rings. The number of aryl methyl sites for hydroxylation is 2. The van der Waals surface area contributed by atoms with E-state index in [1.165, 1.54) is 6.07 Å². The third kappa shape index (κ3) is 3.61. The van der Waals surface area contributed by atoms with Crippen molar-refractivity contribution in [1.82, 2.24) is 0 Å². The Bertz CT molecular complexity index is 650. The summed E-state index contributed by atoms with van der Waals surface area (Å²) in [6, 6.07) is 9.08. The van der Waals surface area contributed by atoms with Crippen LogP contribution in [0.3, 0.4) is 0 Å². The number of ether oxygens (including phenoxy) is 1. The van der Waals surface area contributed by atoms with Crippen LogP contribution in [0.4, 0.5) is 4.39 Å². The summed E-state index contributed by atoms with van der Waals surface area (Å²) in [7, 11) is 0. The van der Waals surface area contributed by atoms with Crippen LogP contribution in [0, 0.1) is 26.6 Å². The van der Waals surface area contributed by atoms with Crippen molar-refractivity contribution in [1.29, 1.82) is 0 Å². The van der Waals surface area contributed by atoms with Crippen molar-refractivity contribution in [3.05, 3.63) is 58.4 Å². The first-order valence-electron chi connectivity index (χ1n) is 7.17. The summed E-state index contributed by atoms with van der Waals surface area (Å²) in [5, 5.41) is 0. The zero-order valence-electron chi connectivity index (χ0n) is 13.0. The van der Waals surface area contributed by atoms with Gasteiger partial charge in [0.2, 0.25) is 0 Å². The summed E-state index contributed by atoms with van der Waals surface area (Å²) < 4.78 is 20.0. The summed E-state index contributed by atoms with van der Waals surface area (Å²) in [4.78, 5) is 0. The van der Waals surface area contributed by atoms with Gasteiger partial charge in [0.1, 0.15) is 5.75 Å². The van der Waals surface area contributed by atoms with Crippen LogP contribution in [0.2, 0.25) is 0 Å². The smallest absolute Gasteiger partial charge is 0.165 e. The Balaban J connectivity index is 2.30. The molecule has 0 aliphatic rings. The maximum Gasteiger partial charge on any atom is 0.165 e. The molecule has 0 saturated heterocycles. The highest BCUT2D eigenvalue weighted by atomic mass is 19.1. The van der Waals surface area contributed by atoms with E-state index in [2.05, 4.69) is 0 Å². The van der Waals surface area contributed by atoms with Gasteiger partial charge in [-0.05, 0) is 68.5 Å². The molecule has 2 nitrogen and oxygen atoms in total. The Morgan fingerprint density at radius 3 is 2.38 bits per heavy atom. The standard InChI is InChI=1S/C18H22FNO/c1-11-5-6-12(2)18(14(11)4)21-17-8-7-15(9-13(3)20)10-16(17)19/h5-8,10,13H,9,20H2,1-4H3. The topological polar surface area (TPSA) is 35.2 Å². The molecule has 0 saturated carbocycles. The average molecular weight is 287 g/mol. The normalized spacial score (nSPS) is 12.3. The third-order valence-electron chi connectivity index (χ3n) is 3.64. The molecule has 2 rings (SSSR count). The van der Waals surface area contributed by atoms with Crippen molar-refractivity contribution in [2.75, 3.05) is 0 Å². The lowest BCUT2D eigenvalue weighted by Crippen LogP contribution is -2.17. The van der Waals surface area contributed by atoms with E-state index in [0.717, 1.165) is 28.0 Å². The Hall–Kier alpha value is -1.87. The lowest BCUT2D eigenvalue weighted by atomic mass is 10.0. The summed E-state index contributed by atoms with van der Waals surface area (Å²) in [6.07, 6.45) is 0.652. The van der Waals surface area contributed by atoms with E-state index in [4.69, 9.17) is 10.5 Å². The fourth-order valence-electron chi connectivity index (χ4n) is 2.32. The van der Waals surface area contributed by atoms with Gasteiger partial charge in [0.25, 0.3) is 0 Å². The minimum absolute atomic E-state index is 0.0115. The molecule has 0 aromatic heterocycles. The second-order valence-electron chi connectivity index (χ2n) is 5.70. The van der Waals surface area contributed by atoms with Crippen LogP contribution >= 0.6 is 0 Å². The summed E-state index contributed by atoms with van der Waals surface area (Å²) >= 11 is 0. The van der Waals surface area contributed by atoms with Crippen molar-refractivity contribution < 1.29 is 9.13 Å². The summed E-state index contributed by atoms with van der Waals surface area (Å²) in [6.45, 7) is 7.87. The van der Waals surface area contributed by atoms with Crippen LogP contribution in [-0.4, -0.2) is 6.04 Å². The van der Waals surface area contributed by atoms with Gasteiger partial charge < -0.3 is 10.5 Å². The zero-order valence-corrected chi connectivity index (χ0v) is 13.0. The van der Waals surface area contributed by atoms with E-state index in [9.17, 15) is 4.39 Å². The Labute approximate surface area is 125 Å². The van der Waals surface area contributed by atoms with E-state index < -0.39 is 0 Å². The highest BCUT2D eigenvalue weighted by Gasteiger charge is 2.11. The number of hydrogen-bond acceptors (Lipinski definition) is 2. The maximum atomic E-state index is 14.2. The molecular weight excluding hydrogens is 265 g/mol. The predicted molar refractivity (Wildman–Crippen MR) is 84.5 cm³/mol. The van der Waals surface area contributed by atoms with Crippen LogP contribution in [0.25, 0.3) is 0 Å². The average Bonchev–Trinajstić information content (AvgIpc) is 2.41. The van der Waals surface area contributed by atoms with E-state index >= 15 is 0 Å². The molecule has 0 aliphatic heterocycles. The molecular formula is C18H22FNO. The molecule has 0 spiro atoms. The minimum Gasteiger partial charge on any atom is -0.454 e. The first-order valence-corrected chi connectivity index (χ1v) is 7.17. The Morgan fingerprint density at radius 1 is 1.10 bits per heavy atom. The maximum absolute atomic E-state index is 14.2. The number of hydrogen-bond donors (Lipinski definition) is 1. The molecule has 2 aromatic carbocycles. The molecule has 1 atom stereocenters. The van der Waals surface area contributed by atoms with Crippen molar-refractivity contribution in [2.45, 2.75) is 40.2 Å². The lowest BCUT2D eigenvalue weighted by molar-refractivity contribution is 0.435. The van der Waals surface area contributed by atoms with Gasteiger partial charge in [0, 0.05) is 6.04 Å². The first-order chi connectivity index (χ1) is 9.88. The molecule has 0 aliphatic carbocycles. The van der Waals surface area contributed by atoms with Crippen molar-refractivity contribution >= 4 is 0 Å². The van der Waals surface area contributed by atoms with E-state index in [-0.39, 0.29) is 17.6 Å². The molecule has 0 bridgehead atoms. The fourth-order valence-corrected chi connectivity index (χ4v) is 2.32. The predicted octanol–water partition coefficient (Wildman–Crippen LogP) is 4.43. The molecule has 1 unspecified atom stereocenters. The first kappa shape index (κ1) is 15.5. The SMILES string of the molecule is Cc1ccc(C)c(Oc2ccc(CC(C)N)cc2F)c1C. The highest BCUT2D eigenvalue weighted by Crippen LogP contribution is 2.32. The fraction of sp³-hybridized carbons (Fsp3) is 0.333. The van der Waals surface area contributed by atoms with Gasteiger partial charge in [-0.2, -0.15) is 0 Å². The quantitative estimate of drug-likeness (QED) is 0.902. The molecule has 0 radical (unpaired) electrons. The van der Waals surface area contributed by atoms with E-state index in [0.29, 0.717) is 6.42 Å². The van der Waals surface area contributed by atoms with Crippen LogP contribution in [-0.2, 0) is 6.42 Å². The van der Waals surface area contributed by atoms with Crippen LogP contribution in [0.15, 0.2) is 30.3 Å². The van der Waals surface area contributed by atoms with Crippen LogP contribution in [0.5, 0.6) is 11.5 Å². The van der Waals surface area contributed by atoms with Crippen molar-refractivity contribution in [2.24, 2.45) is 5.73 Å². The van der Waals surface area contributed by atoms with Crippen LogP contribution < -0.4 is 10.5 Å². The minimum atomic E-state index is -0.353. The monoisotopic (exact) mass is 287 g/mol.